The number of hydrogen-bond acceptors (Lipinski definition) is 3. The molecule has 1 heterocycles. The van der Waals surface area contributed by atoms with Gasteiger partial charge >= 0.3 is 0 Å². The van der Waals surface area contributed by atoms with Gasteiger partial charge in [0.2, 0.25) is 11.8 Å². The zero-order chi connectivity index (χ0) is 9.68. The summed E-state index contributed by atoms with van der Waals surface area (Å²) in [4.78, 5) is 4.17. The first-order valence-corrected chi connectivity index (χ1v) is 4.50. The van der Waals surface area contributed by atoms with Crippen LogP contribution in [0.4, 0.5) is 0 Å². The zero-order valence-corrected chi connectivity index (χ0v) is 8.33. The molecule has 1 aromatic heterocycles. The van der Waals surface area contributed by atoms with E-state index in [1.807, 2.05) is 32.9 Å². The van der Waals surface area contributed by atoms with E-state index < -0.39 is 0 Å². The monoisotopic (exact) mass is 181 g/mol. The minimum atomic E-state index is 0.627. The molecule has 0 aliphatic rings. The van der Waals surface area contributed by atoms with Crippen LogP contribution in [0, 0.1) is 6.92 Å². The van der Waals surface area contributed by atoms with Crippen LogP contribution >= 0.6 is 0 Å². The van der Waals surface area contributed by atoms with Gasteiger partial charge in [-0.25, -0.2) is 0 Å². The Kier molecular flexibility index (Phi) is 3.55. The van der Waals surface area contributed by atoms with Crippen LogP contribution in [0.1, 0.15) is 19.4 Å². The number of hydrogen-bond donors (Lipinski definition) is 0. The van der Waals surface area contributed by atoms with Gasteiger partial charge in [0, 0.05) is 12.1 Å². The Balaban J connectivity index is 2.83. The topological polar surface area (TPSA) is 31.4 Å². The molecule has 0 aromatic carbocycles. The number of aryl methyl sites for hydroxylation is 1. The van der Waals surface area contributed by atoms with E-state index in [0.29, 0.717) is 25.0 Å². The van der Waals surface area contributed by atoms with E-state index in [2.05, 4.69) is 4.98 Å². The van der Waals surface area contributed by atoms with Crippen molar-refractivity contribution in [2.75, 3.05) is 13.2 Å². The first kappa shape index (κ1) is 9.84. The van der Waals surface area contributed by atoms with E-state index in [9.17, 15) is 0 Å². The normalized spacial score (nSPS) is 9.77. The highest BCUT2D eigenvalue weighted by molar-refractivity contribution is 5.27. The number of pyridine rings is 1. The van der Waals surface area contributed by atoms with Crippen molar-refractivity contribution in [1.82, 2.24) is 4.98 Å². The van der Waals surface area contributed by atoms with Crippen LogP contribution in [0.15, 0.2) is 12.1 Å². The lowest BCUT2D eigenvalue weighted by Gasteiger charge is -2.06. The zero-order valence-electron chi connectivity index (χ0n) is 8.33. The van der Waals surface area contributed by atoms with Crippen LogP contribution in [0.3, 0.4) is 0 Å². The molecule has 0 aliphatic heterocycles. The van der Waals surface area contributed by atoms with Gasteiger partial charge in [-0.05, 0) is 26.3 Å². The lowest BCUT2D eigenvalue weighted by atomic mass is 10.3. The van der Waals surface area contributed by atoms with Crippen molar-refractivity contribution in [3.8, 4) is 11.8 Å². The van der Waals surface area contributed by atoms with Gasteiger partial charge in [-0.15, -0.1) is 0 Å². The Morgan fingerprint density at radius 1 is 1.08 bits per heavy atom. The van der Waals surface area contributed by atoms with Gasteiger partial charge in [0.15, 0.2) is 0 Å². The lowest BCUT2D eigenvalue weighted by molar-refractivity contribution is 0.298. The maximum atomic E-state index is 5.28. The van der Waals surface area contributed by atoms with E-state index in [1.54, 1.807) is 0 Å². The summed E-state index contributed by atoms with van der Waals surface area (Å²) in [5.41, 5.74) is 1.10. The van der Waals surface area contributed by atoms with Crippen LogP contribution in [0.2, 0.25) is 0 Å². The number of ether oxygens (including phenoxy) is 2. The summed E-state index contributed by atoms with van der Waals surface area (Å²) in [7, 11) is 0. The van der Waals surface area contributed by atoms with Crippen LogP contribution in [-0.4, -0.2) is 18.2 Å². The molecule has 0 fully saturated rings. The predicted molar refractivity (Wildman–Crippen MR) is 51.3 cm³/mol. The van der Waals surface area contributed by atoms with Crippen molar-refractivity contribution in [2.24, 2.45) is 0 Å². The van der Waals surface area contributed by atoms with E-state index in [1.165, 1.54) is 0 Å². The molecule has 1 aromatic rings. The second-order valence-electron chi connectivity index (χ2n) is 2.69. The molecule has 0 N–H and O–H groups in total. The average molecular weight is 181 g/mol. The van der Waals surface area contributed by atoms with Crippen molar-refractivity contribution in [1.29, 1.82) is 0 Å². The van der Waals surface area contributed by atoms with Crippen LogP contribution in [0.5, 0.6) is 11.8 Å². The minimum Gasteiger partial charge on any atom is -0.478 e. The number of aromatic nitrogens is 1. The summed E-state index contributed by atoms with van der Waals surface area (Å²) in [6, 6.07) is 3.79. The number of rotatable bonds is 4. The Hall–Kier alpha value is -1.25. The SMILES string of the molecule is CCOc1cc(C)cc(OCC)n1. The van der Waals surface area contributed by atoms with Gasteiger partial charge in [0.1, 0.15) is 0 Å². The summed E-state index contributed by atoms with van der Waals surface area (Å²) in [5, 5.41) is 0. The molecule has 0 unspecified atom stereocenters. The molecule has 3 heteroatoms. The fourth-order valence-corrected chi connectivity index (χ4v) is 1.05. The van der Waals surface area contributed by atoms with E-state index in [-0.39, 0.29) is 0 Å². The highest BCUT2D eigenvalue weighted by Crippen LogP contribution is 2.17. The summed E-state index contributed by atoms with van der Waals surface area (Å²) in [6.45, 7) is 7.12. The first-order valence-electron chi connectivity index (χ1n) is 4.50. The predicted octanol–water partition coefficient (Wildman–Crippen LogP) is 2.19. The van der Waals surface area contributed by atoms with Crippen LogP contribution in [0.25, 0.3) is 0 Å². The largest absolute Gasteiger partial charge is 0.478 e. The molecule has 0 atom stereocenters. The fourth-order valence-electron chi connectivity index (χ4n) is 1.05. The summed E-state index contributed by atoms with van der Waals surface area (Å²) >= 11 is 0. The smallest absolute Gasteiger partial charge is 0.216 e. The Labute approximate surface area is 78.7 Å². The summed E-state index contributed by atoms with van der Waals surface area (Å²) in [6.07, 6.45) is 0. The first-order chi connectivity index (χ1) is 6.26. The van der Waals surface area contributed by atoms with E-state index >= 15 is 0 Å². The Morgan fingerprint density at radius 3 is 1.92 bits per heavy atom. The van der Waals surface area contributed by atoms with Crippen molar-refractivity contribution >= 4 is 0 Å². The molecule has 0 spiro atoms. The minimum absolute atomic E-state index is 0.627. The Bertz CT molecular complexity index is 249. The average Bonchev–Trinajstić information content (AvgIpc) is 2.04. The summed E-state index contributed by atoms with van der Waals surface area (Å²) < 4.78 is 10.6. The van der Waals surface area contributed by atoms with Crippen LogP contribution in [-0.2, 0) is 0 Å². The van der Waals surface area contributed by atoms with Gasteiger partial charge in [0.25, 0.3) is 0 Å². The van der Waals surface area contributed by atoms with Gasteiger partial charge in [0.05, 0.1) is 13.2 Å². The molecule has 1 rings (SSSR count). The third kappa shape index (κ3) is 2.93. The van der Waals surface area contributed by atoms with Crippen molar-refractivity contribution in [3.63, 3.8) is 0 Å². The molecule has 0 saturated carbocycles. The fraction of sp³-hybridized carbons (Fsp3) is 0.500. The van der Waals surface area contributed by atoms with Gasteiger partial charge in [-0.1, -0.05) is 0 Å². The molecule has 0 amide bonds. The van der Waals surface area contributed by atoms with Crippen molar-refractivity contribution in [3.05, 3.63) is 17.7 Å². The van der Waals surface area contributed by atoms with E-state index in [4.69, 9.17) is 9.47 Å². The van der Waals surface area contributed by atoms with Crippen molar-refractivity contribution in [2.45, 2.75) is 20.8 Å². The van der Waals surface area contributed by atoms with Gasteiger partial charge < -0.3 is 9.47 Å². The van der Waals surface area contributed by atoms with Gasteiger partial charge in [-0.3, -0.25) is 0 Å². The van der Waals surface area contributed by atoms with Crippen LogP contribution < -0.4 is 9.47 Å². The van der Waals surface area contributed by atoms with E-state index in [0.717, 1.165) is 5.56 Å². The standard InChI is InChI=1S/C10H15NO2/c1-4-12-9-6-8(3)7-10(11-9)13-5-2/h6-7H,4-5H2,1-3H3. The molecule has 3 nitrogen and oxygen atoms in total. The molecule has 72 valence electrons. The molecule has 0 aliphatic carbocycles. The molecule has 0 radical (unpaired) electrons. The summed E-state index contributed by atoms with van der Waals surface area (Å²) in [5.74, 6) is 1.26. The molecule has 0 saturated heterocycles. The third-order valence-electron chi connectivity index (χ3n) is 1.51. The molecular weight excluding hydrogens is 166 g/mol. The third-order valence-corrected chi connectivity index (χ3v) is 1.51. The Morgan fingerprint density at radius 2 is 1.54 bits per heavy atom. The lowest BCUT2D eigenvalue weighted by Crippen LogP contribution is -1.99. The highest BCUT2D eigenvalue weighted by atomic mass is 16.5. The molecular formula is C10H15NO2. The maximum Gasteiger partial charge on any atom is 0.216 e. The number of nitrogens with zero attached hydrogens (tertiary/aromatic N) is 1. The quantitative estimate of drug-likeness (QED) is 0.713. The highest BCUT2D eigenvalue weighted by Gasteiger charge is 2.00. The van der Waals surface area contributed by atoms with Crippen molar-refractivity contribution < 1.29 is 9.47 Å². The maximum absolute atomic E-state index is 5.28. The second kappa shape index (κ2) is 4.70. The molecule has 13 heavy (non-hydrogen) atoms. The molecule has 0 bridgehead atoms. The van der Waals surface area contributed by atoms with Gasteiger partial charge in [-0.2, -0.15) is 4.98 Å². The second-order valence-corrected chi connectivity index (χ2v) is 2.69.